The normalized spacial score (nSPS) is 11.7. The van der Waals surface area contributed by atoms with E-state index in [4.69, 9.17) is 34.3 Å². The fourth-order valence-corrected chi connectivity index (χ4v) is 6.59. The number of methoxy groups -OCH3 is 2. The summed E-state index contributed by atoms with van der Waals surface area (Å²) in [5, 5.41) is 16.6. The van der Waals surface area contributed by atoms with Crippen molar-refractivity contribution >= 4 is 21.8 Å². The monoisotopic (exact) mass is 726 g/mol. The number of aryl methyl sites for hydroxylation is 1. The van der Waals surface area contributed by atoms with E-state index in [1.165, 1.54) is 52.7 Å². The topological polar surface area (TPSA) is 196 Å². The van der Waals surface area contributed by atoms with Crippen LogP contribution in [0.1, 0.15) is 57.9 Å². The Morgan fingerprint density at radius 2 is 1.57 bits per heavy atom. The lowest BCUT2D eigenvalue weighted by Crippen LogP contribution is -2.51. The minimum atomic E-state index is -4.65. The maximum atomic E-state index is 14.7. The molecule has 51 heavy (non-hydrogen) atoms. The van der Waals surface area contributed by atoms with Crippen molar-refractivity contribution in [1.82, 2.24) is 25.3 Å². The molecule has 0 spiro atoms. The lowest BCUT2D eigenvalue weighted by atomic mass is 10.1. The second-order valence-corrected chi connectivity index (χ2v) is 13.4. The molecule has 0 aliphatic rings. The average molecular weight is 727 g/mol. The van der Waals surface area contributed by atoms with Crippen molar-refractivity contribution in [3.63, 3.8) is 0 Å². The van der Waals surface area contributed by atoms with Gasteiger partial charge in [-0.1, -0.05) is 37.5 Å². The maximum Gasteiger partial charge on any atom is 0.307 e. The van der Waals surface area contributed by atoms with Crippen LogP contribution in [0.15, 0.2) is 72.1 Å². The lowest BCUT2D eigenvalue weighted by molar-refractivity contribution is -0.492. The third-order valence-corrected chi connectivity index (χ3v) is 9.26. The smallest absolute Gasteiger partial charge is 0.307 e. The molecule has 0 fully saturated rings. The largest absolute Gasteiger partial charge is 0.493 e. The fourth-order valence-electron chi connectivity index (χ4n) is 5.00. The van der Waals surface area contributed by atoms with Crippen molar-refractivity contribution in [2.75, 3.05) is 25.1 Å². The van der Waals surface area contributed by atoms with Gasteiger partial charge in [-0.15, -0.1) is 0 Å². The van der Waals surface area contributed by atoms with Crippen molar-refractivity contribution in [3.8, 4) is 34.5 Å². The number of unbranched alkanes of at least 4 members (excludes halogenated alkanes) is 4. The zero-order valence-electron chi connectivity index (χ0n) is 29.1. The van der Waals surface area contributed by atoms with E-state index in [0.29, 0.717) is 30.6 Å². The highest BCUT2D eigenvalue weighted by Crippen LogP contribution is 2.46. The van der Waals surface area contributed by atoms with Gasteiger partial charge in [0.05, 0.1) is 26.2 Å². The number of ether oxygens (including phenoxy) is 4. The van der Waals surface area contributed by atoms with Gasteiger partial charge >= 0.3 is 5.97 Å². The first kappa shape index (κ1) is 38.9. The van der Waals surface area contributed by atoms with Gasteiger partial charge in [0.2, 0.25) is 5.75 Å². The second-order valence-electron chi connectivity index (χ2n) is 11.7. The Hall–Kier alpha value is -4.94. The van der Waals surface area contributed by atoms with Crippen molar-refractivity contribution in [2.45, 2.75) is 70.0 Å². The molecule has 0 radical (unpaired) electrons. The van der Waals surface area contributed by atoms with Crippen LogP contribution in [0, 0.1) is 6.92 Å². The van der Waals surface area contributed by atoms with Crippen LogP contribution in [0.3, 0.4) is 0 Å². The van der Waals surface area contributed by atoms with E-state index in [-0.39, 0.29) is 52.5 Å². The number of carbonyl (C=O) groups excluding carboxylic acids is 1. The first-order valence-corrected chi connectivity index (χ1v) is 17.5. The molecule has 1 aromatic carbocycles. The lowest BCUT2D eigenvalue weighted by Gasteiger charge is -2.37. The SMILES string of the molecule is COc1ccccc1Oc1c(OC)nc(-c2ccncc2)nc1N(C(C)(C)OC(=O)CCCCCCCON(O)O)S(=O)(=O)c1ccc(C)cn1. The quantitative estimate of drug-likeness (QED) is 0.0503. The number of anilines is 1. The van der Waals surface area contributed by atoms with Crippen LogP contribution < -0.4 is 18.5 Å². The summed E-state index contributed by atoms with van der Waals surface area (Å²) in [6.07, 6.45) is 7.67. The predicted molar refractivity (Wildman–Crippen MR) is 183 cm³/mol. The Morgan fingerprint density at radius 1 is 0.882 bits per heavy atom. The molecule has 0 bridgehead atoms. The van der Waals surface area contributed by atoms with Gasteiger partial charge in [0, 0.05) is 30.6 Å². The number of hydrogen-bond donors (Lipinski definition) is 2. The molecule has 3 aromatic heterocycles. The number of benzene rings is 1. The van der Waals surface area contributed by atoms with Crippen LogP contribution in [0.25, 0.3) is 11.4 Å². The molecule has 0 amide bonds. The summed E-state index contributed by atoms with van der Waals surface area (Å²) in [6.45, 7) is 4.75. The van der Waals surface area contributed by atoms with Gasteiger partial charge in [-0.3, -0.25) is 25.0 Å². The van der Waals surface area contributed by atoms with Crippen molar-refractivity contribution in [1.29, 1.82) is 0 Å². The average Bonchev–Trinajstić information content (AvgIpc) is 3.10. The standard InChI is InChI=1S/C34H42N6O10S/c1-24-16-17-28(36-23-24)51(44,45)39(34(2,3)50-29(41)15-9-7-6-8-12-22-48-40(42)43)32-30(49-27-14-11-10-13-26(27)46-4)33(47-5)38-31(37-32)25-18-20-35-21-19-25/h10-11,13-14,16-21,23,42-43H,6-9,12,15,22H2,1-5H3. The molecule has 2 N–H and O–H groups in total. The minimum absolute atomic E-state index is 0.00239. The molecule has 17 heteroatoms. The Labute approximate surface area is 296 Å². The summed E-state index contributed by atoms with van der Waals surface area (Å²) in [7, 11) is -1.84. The highest BCUT2D eigenvalue weighted by Gasteiger charge is 2.45. The van der Waals surface area contributed by atoms with Crippen LogP contribution in [0.4, 0.5) is 5.82 Å². The molecule has 274 valence electrons. The number of hydrogen-bond acceptors (Lipinski definition) is 15. The van der Waals surface area contributed by atoms with Gasteiger partial charge in [-0.25, -0.2) is 14.3 Å². The number of esters is 1. The van der Waals surface area contributed by atoms with Gasteiger partial charge in [-0.2, -0.15) is 13.4 Å². The van der Waals surface area contributed by atoms with E-state index in [1.807, 2.05) is 0 Å². The zero-order valence-corrected chi connectivity index (χ0v) is 29.9. The van der Waals surface area contributed by atoms with E-state index in [9.17, 15) is 13.2 Å². The van der Waals surface area contributed by atoms with Gasteiger partial charge in [-0.05, 0) is 69.5 Å². The van der Waals surface area contributed by atoms with Gasteiger partial charge in [0.15, 0.2) is 33.9 Å². The van der Waals surface area contributed by atoms with Crippen LogP contribution >= 0.6 is 0 Å². The summed E-state index contributed by atoms with van der Waals surface area (Å²) in [5.74, 6) is -0.656. The second kappa shape index (κ2) is 17.8. The summed E-state index contributed by atoms with van der Waals surface area (Å²) in [5.41, 5.74) is -0.689. The van der Waals surface area contributed by atoms with E-state index in [1.54, 1.807) is 49.4 Å². The van der Waals surface area contributed by atoms with Crippen LogP contribution in [0.5, 0.6) is 23.1 Å². The molecular formula is C34H42N6O10S. The third kappa shape index (κ3) is 10.3. The number of sulfonamides is 1. The molecule has 0 unspecified atom stereocenters. The maximum absolute atomic E-state index is 14.7. The molecule has 4 aromatic rings. The van der Waals surface area contributed by atoms with Gasteiger partial charge in [0.1, 0.15) is 0 Å². The number of rotatable bonds is 19. The number of nitrogens with zero attached hydrogens (tertiary/aromatic N) is 6. The molecule has 3 heterocycles. The predicted octanol–water partition coefficient (Wildman–Crippen LogP) is 5.88. The Balaban J connectivity index is 1.79. The van der Waals surface area contributed by atoms with Crippen molar-refractivity contribution in [3.05, 3.63) is 72.7 Å². The first-order chi connectivity index (χ1) is 24.4. The van der Waals surface area contributed by atoms with E-state index < -0.39 is 21.7 Å². The van der Waals surface area contributed by atoms with Crippen LogP contribution in [-0.2, 0) is 24.4 Å². The summed E-state index contributed by atoms with van der Waals surface area (Å²) < 4.78 is 53.7. The van der Waals surface area contributed by atoms with E-state index >= 15 is 0 Å². The summed E-state index contributed by atoms with van der Waals surface area (Å²) in [6, 6.07) is 13.0. The van der Waals surface area contributed by atoms with Crippen molar-refractivity contribution < 1.29 is 47.4 Å². The van der Waals surface area contributed by atoms with Gasteiger partial charge in [0.25, 0.3) is 15.9 Å². The van der Waals surface area contributed by atoms with Crippen LogP contribution in [-0.4, -0.2) is 76.7 Å². The minimum Gasteiger partial charge on any atom is -0.493 e. The Kier molecular flexibility index (Phi) is 13.6. The van der Waals surface area contributed by atoms with E-state index in [2.05, 4.69) is 19.8 Å². The number of para-hydroxylation sites is 2. The molecule has 0 saturated carbocycles. The number of pyridine rings is 2. The third-order valence-electron chi connectivity index (χ3n) is 7.40. The zero-order chi connectivity index (χ0) is 37.0. The molecule has 4 rings (SSSR count). The number of aromatic nitrogens is 4. The van der Waals surface area contributed by atoms with E-state index in [0.717, 1.165) is 22.7 Å². The number of carbonyl (C=O) groups is 1. The van der Waals surface area contributed by atoms with Crippen LogP contribution in [0.2, 0.25) is 0 Å². The molecule has 0 atom stereocenters. The first-order valence-electron chi connectivity index (χ1n) is 16.1. The highest BCUT2D eigenvalue weighted by atomic mass is 32.2. The fraction of sp³-hybridized carbons (Fsp3) is 0.382. The molecule has 16 nitrogen and oxygen atoms in total. The molecule has 0 aliphatic heterocycles. The summed E-state index contributed by atoms with van der Waals surface area (Å²) in [4.78, 5) is 35.4. The Morgan fingerprint density at radius 3 is 2.22 bits per heavy atom. The van der Waals surface area contributed by atoms with Crippen molar-refractivity contribution in [2.24, 2.45) is 0 Å². The molecule has 0 aliphatic carbocycles. The Bertz CT molecular complexity index is 1840. The summed E-state index contributed by atoms with van der Waals surface area (Å²) >= 11 is 0. The highest BCUT2D eigenvalue weighted by molar-refractivity contribution is 7.92. The molecule has 0 saturated heterocycles. The molecular weight excluding hydrogens is 684 g/mol. The van der Waals surface area contributed by atoms with Gasteiger partial charge < -0.3 is 18.9 Å².